The van der Waals surface area contributed by atoms with E-state index < -0.39 is 0 Å². The summed E-state index contributed by atoms with van der Waals surface area (Å²) in [4.78, 5) is 2.11. The van der Waals surface area contributed by atoms with Gasteiger partial charge in [0.25, 0.3) is 0 Å². The molecule has 28 heavy (non-hydrogen) atoms. The zero-order valence-electron chi connectivity index (χ0n) is 15.6. The summed E-state index contributed by atoms with van der Waals surface area (Å²) in [7, 11) is 0. The Bertz CT molecular complexity index is 887. The van der Waals surface area contributed by atoms with Crippen LogP contribution in [0.25, 0.3) is 0 Å². The molecule has 1 N–H and O–H groups in total. The van der Waals surface area contributed by atoms with Crippen LogP contribution in [-0.2, 0) is 6.54 Å². The number of rotatable bonds is 5. The van der Waals surface area contributed by atoms with Crippen LogP contribution in [0.5, 0.6) is 11.5 Å². The van der Waals surface area contributed by atoms with Crippen LogP contribution < -0.4 is 14.8 Å². The van der Waals surface area contributed by atoms with Crippen LogP contribution >= 0.6 is 12.2 Å². The average Bonchev–Trinajstić information content (AvgIpc) is 3.18. The van der Waals surface area contributed by atoms with E-state index in [4.69, 9.17) is 21.7 Å². The van der Waals surface area contributed by atoms with Gasteiger partial charge in [-0.15, -0.1) is 0 Å². The zero-order valence-corrected chi connectivity index (χ0v) is 16.4. The second-order valence-electron chi connectivity index (χ2n) is 7.13. The molecule has 1 unspecified atom stereocenters. The minimum atomic E-state index is -0.312. The summed E-state index contributed by atoms with van der Waals surface area (Å²) in [5, 5.41) is 3.61. The van der Waals surface area contributed by atoms with Gasteiger partial charge in [-0.2, -0.15) is 0 Å². The molecule has 1 atom stereocenters. The normalized spacial score (nSPS) is 17.4. The molecule has 0 bridgehead atoms. The van der Waals surface area contributed by atoms with Gasteiger partial charge in [-0.25, -0.2) is 4.39 Å². The maximum atomic E-state index is 14.1. The third kappa shape index (κ3) is 4.44. The Balaban J connectivity index is 1.51. The highest BCUT2D eigenvalue weighted by atomic mass is 32.1. The molecule has 146 valence electrons. The summed E-state index contributed by atoms with van der Waals surface area (Å²) in [6.07, 6.45) is 7.74. The van der Waals surface area contributed by atoms with Crippen molar-refractivity contribution >= 4 is 23.0 Å². The van der Waals surface area contributed by atoms with E-state index in [-0.39, 0.29) is 12.6 Å². The highest BCUT2D eigenvalue weighted by molar-refractivity contribution is 7.80. The number of benzene rings is 2. The monoisotopic (exact) mass is 398 g/mol. The van der Waals surface area contributed by atoms with Crippen molar-refractivity contribution in [2.45, 2.75) is 25.8 Å². The molecular weight excluding hydrogens is 375 g/mol. The number of allylic oxidation sites excluding steroid dienone is 2. The summed E-state index contributed by atoms with van der Waals surface area (Å²) < 4.78 is 25.0. The van der Waals surface area contributed by atoms with Gasteiger partial charge >= 0.3 is 0 Å². The lowest BCUT2D eigenvalue weighted by molar-refractivity contribution is 0.174. The van der Waals surface area contributed by atoms with Crippen LogP contribution in [0.4, 0.5) is 10.1 Å². The van der Waals surface area contributed by atoms with E-state index in [0.29, 0.717) is 23.3 Å². The second kappa shape index (κ2) is 8.61. The number of para-hydroxylation sites is 1. The SMILES string of the molecule is Fc1ccccc1NC(=S)N(Cc1ccc2c(c1)OCO2)CC1CC=CCC1. The lowest BCUT2D eigenvalue weighted by atomic mass is 9.94. The molecule has 0 saturated heterocycles. The van der Waals surface area contributed by atoms with Crippen LogP contribution in [-0.4, -0.2) is 23.4 Å². The summed E-state index contributed by atoms with van der Waals surface area (Å²) in [5.41, 5.74) is 1.47. The molecule has 4 rings (SSSR count). The number of hydrogen-bond donors (Lipinski definition) is 1. The topological polar surface area (TPSA) is 33.7 Å². The Morgan fingerprint density at radius 2 is 2.00 bits per heavy atom. The first kappa shape index (κ1) is 18.7. The van der Waals surface area contributed by atoms with Crippen LogP contribution in [0.2, 0.25) is 0 Å². The Morgan fingerprint density at radius 3 is 2.82 bits per heavy atom. The number of fused-ring (bicyclic) bond motifs is 1. The van der Waals surface area contributed by atoms with Crippen LogP contribution in [0.3, 0.4) is 0 Å². The number of halogens is 1. The van der Waals surface area contributed by atoms with Gasteiger partial charge in [0.1, 0.15) is 5.82 Å². The second-order valence-corrected chi connectivity index (χ2v) is 7.52. The van der Waals surface area contributed by atoms with E-state index in [1.807, 2.05) is 18.2 Å². The molecule has 0 fully saturated rings. The molecule has 0 saturated carbocycles. The molecule has 0 aromatic heterocycles. The van der Waals surface area contributed by atoms with Crippen molar-refractivity contribution in [1.29, 1.82) is 0 Å². The van der Waals surface area contributed by atoms with Crippen LogP contribution in [0.1, 0.15) is 24.8 Å². The molecule has 1 aliphatic carbocycles. The number of anilines is 1. The van der Waals surface area contributed by atoms with Crippen molar-refractivity contribution in [3.63, 3.8) is 0 Å². The molecular formula is C22H23FN2O2S. The van der Waals surface area contributed by atoms with E-state index in [1.165, 1.54) is 6.07 Å². The number of nitrogens with zero attached hydrogens (tertiary/aromatic N) is 1. The van der Waals surface area contributed by atoms with Crippen molar-refractivity contribution in [2.75, 3.05) is 18.7 Å². The molecule has 6 heteroatoms. The average molecular weight is 399 g/mol. The predicted molar refractivity (Wildman–Crippen MR) is 112 cm³/mol. The van der Waals surface area contributed by atoms with Crippen LogP contribution in [0.15, 0.2) is 54.6 Å². The minimum absolute atomic E-state index is 0.254. The molecule has 2 aromatic rings. The standard InChI is InChI=1S/C22H23FN2O2S/c23-18-8-4-5-9-19(18)24-22(28)25(13-16-6-2-1-3-7-16)14-17-10-11-20-21(12-17)27-15-26-20/h1-2,4-5,8-12,16H,3,6-7,13-15H2,(H,24,28). The molecule has 0 radical (unpaired) electrons. The van der Waals surface area contributed by atoms with Crippen LogP contribution in [0, 0.1) is 11.7 Å². The number of ether oxygens (including phenoxy) is 2. The first-order valence-corrected chi connectivity index (χ1v) is 9.94. The number of thiocarbonyl (C=S) groups is 1. The van der Waals surface area contributed by atoms with Gasteiger partial charge < -0.3 is 19.7 Å². The molecule has 0 spiro atoms. The van der Waals surface area contributed by atoms with E-state index in [1.54, 1.807) is 18.2 Å². The zero-order chi connectivity index (χ0) is 19.3. The van der Waals surface area contributed by atoms with E-state index >= 15 is 0 Å². The number of hydrogen-bond acceptors (Lipinski definition) is 3. The summed E-state index contributed by atoms with van der Waals surface area (Å²) in [5.74, 6) is 1.73. The van der Waals surface area contributed by atoms with Crippen molar-refractivity contribution in [1.82, 2.24) is 4.90 Å². The molecule has 1 aliphatic heterocycles. The summed E-state index contributed by atoms with van der Waals surface area (Å²) >= 11 is 5.66. The van der Waals surface area contributed by atoms with Crippen molar-refractivity contribution in [3.05, 3.63) is 66.0 Å². The first-order chi connectivity index (χ1) is 13.7. The molecule has 2 aliphatic rings. The van der Waals surface area contributed by atoms with Gasteiger partial charge in [-0.1, -0.05) is 30.4 Å². The molecule has 2 aromatic carbocycles. The Labute approximate surface area is 169 Å². The smallest absolute Gasteiger partial charge is 0.231 e. The van der Waals surface area contributed by atoms with E-state index in [2.05, 4.69) is 22.4 Å². The lowest BCUT2D eigenvalue weighted by Gasteiger charge is -2.31. The fourth-order valence-corrected chi connectivity index (χ4v) is 3.82. The third-order valence-corrected chi connectivity index (χ3v) is 5.43. The third-order valence-electron chi connectivity index (χ3n) is 5.07. The molecule has 0 amide bonds. The quantitative estimate of drug-likeness (QED) is 0.559. The number of nitrogens with one attached hydrogen (secondary N) is 1. The highest BCUT2D eigenvalue weighted by Crippen LogP contribution is 2.33. The van der Waals surface area contributed by atoms with Gasteiger partial charge in [0.05, 0.1) is 5.69 Å². The predicted octanol–water partition coefficient (Wildman–Crippen LogP) is 5.11. The van der Waals surface area contributed by atoms with Crippen molar-refractivity contribution in [2.24, 2.45) is 5.92 Å². The first-order valence-electron chi connectivity index (χ1n) is 9.53. The summed E-state index contributed by atoms with van der Waals surface area (Å²) in [6, 6.07) is 12.5. The lowest BCUT2D eigenvalue weighted by Crippen LogP contribution is -2.38. The van der Waals surface area contributed by atoms with E-state index in [0.717, 1.165) is 42.9 Å². The van der Waals surface area contributed by atoms with E-state index in [9.17, 15) is 4.39 Å². The Kier molecular flexibility index (Phi) is 5.76. The molecule has 1 heterocycles. The highest BCUT2D eigenvalue weighted by Gasteiger charge is 2.20. The molecule has 4 nitrogen and oxygen atoms in total. The maximum Gasteiger partial charge on any atom is 0.231 e. The summed E-state index contributed by atoms with van der Waals surface area (Å²) in [6.45, 7) is 1.69. The van der Waals surface area contributed by atoms with Crippen molar-refractivity contribution < 1.29 is 13.9 Å². The van der Waals surface area contributed by atoms with Gasteiger partial charge in [0, 0.05) is 13.1 Å². The van der Waals surface area contributed by atoms with Gasteiger partial charge in [-0.3, -0.25) is 0 Å². The fourth-order valence-electron chi connectivity index (χ4n) is 3.57. The maximum absolute atomic E-state index is 14.1. The Hall–Kier alpha value is -2.60. The minimum Gasteiger partial charge on any atom is -0.454 e. The van der Waals surface area contributed by atoms with Gasteiger partial charge in [0.15, 0.2) is 16.6 Å². The fraction of sp³-hybridized carbons (Fsp3) is 0.318. The van der Waals surface area contributed by atoms with Gasteiger partial charge in [-0.05, 0) is 67.2 Å². The largest absolute Gasteiger partial charge is 0.454 e. The van der Waals surface area contributed by atoms with Crippen molar-refractivity contribution in [3.8, 4) is 11.5 Å². The Morgan fingerprint density at radius 1 is 1.14 bits per heavy atom. The van der Waals surface area contributed by atoms with Gasteiger partial charge in [0.2, 0.25) is 6.79 Å².